The van der Waals surface area contributed by atoms with E-state index >= 15 is 0 Å². The Kier molecular flexibility index (Phi) is 5.88. The number of fused-ring (bicyclic) bond motifs is 1. The number of phenolic OH excluding ortho intramolecular Hbond substituents is 2. The maximum Gasteiger partial charge on any atom is 0.433 e. The Morgan fingerprint density at radius 1 is 1.18 bits per heavy atom. The van der Waals surface area contributed by atoms with Gasteiger partial charge in [-0.3, -0.25) is 9.78 Å². The summed E-state index contributed by atoms with van der Waals surface area (Å²) >= 11 is 13.2. The van der Waals surface area contributed by atoms with E-state index in [-0.39, 0.29) is 28.3 Å². The molecule has 0 bridgehead atoms. The molecule has 0 spiro atoms. The van der Waals surface area contributed by atoms with Gasteiger partial charge in [-0.1, -0.05) is 23.2 Å². The first-order chi connectivity index (χ1) is 13.1. The molecular weight excluding hydrogens is 440 g/mol. The zero-order chi connectivity index (χ0) is 20.6. The third-order valence-corrected chi connectivity index (χ3v) is 6.04. The molecule has 0 atom stereocenters. The SMILES string of the molecule is O=C(CSc1ccc(C(F)(F)F)nc1)N1CCc2c(Cl)c(O)c(O)c(Cl)c2C1. The van der Waals surface area contributed by atoms with Gasteiger partial charge < -0.3 is 15.1 Å². The first-order valence-electron chi connectivity index (χ1n) is 7.94. The molecule has 1 aliphatic heterocycles. The van der Waals surface area contributed by atoms with Crippen LogP contribution in [0.4, 0.5) is 13.2 Å². The van der Waals surface area contributed by atoms with Gasteiger partial charge in [-0.15, -0.1) is 11.8 Å². The molecule has 3 rings (SSSR count). The van der Waals surface area contributed by atoms with Gasteiger partial charge in [0.1, 0.15) is 5.69 Å². The quantitative estimate of drug-likeness (QED) is 0.529. The second-order valence-electron chi connectivity index (χ2n) is 6.01. The highest BCUT2D eigenvalue weighted by Gasteiger charge is 2.32. The third kappa shape index (κ3) is 4.11. The first-order valence-corrected chi connectivity index (χ1v) is 9.68. The van der Waals surface area contributed by atoms with Crippen molar-refractivity contribution in [2.45, 2.75) is 24.0 Å². The lowest BCUT2D eigenvalue weighted by Gasteiger charge is -2.30. The van der Waals surface area contributed by atoms with E-state index in [1.807, 2.05) is 0 Å². The van der Waals surface area contributed by atoms with Crippen LogP contribution in [-0.2, 0) is 23.9 Å². The van der Waals surface area contributed by atoms with E-state index in [0.717, 1.165) is 24.0 Å². The molecule has 1 aromatic carbocycles. The molecule has 1 amide bonds. The molecule has 28 heavy (non-hydrogen) atoms. The monoisotopic (exact) mass is 452 g/mol. The number of aromatic hydroxyl groups is 2. The molecule has 1 aromatic heterocycles. The van der Waals surface area contributed by atoms with Crippen molar-refractivity contribution in [2.75, 3.05) is 12.3 Å². The van der Waals surface area contributed by atoms with Gasteiger partial charge in [-0.2, -0.15) is 13.2 Å². The number of halogens is 5. The minimum absolute atomic E-state index is 0.00219. The van der Waals surface area contributed by atoms with Gasteiger partial charge in [0.25, 0.3) is 0 Å². The molecule has 150 valence electrons. The second-order valence-corrected chi connectivity index (χ2v) is 7.82. The summed E-state index contributed by atoms with van der Waals surface area (Å²) in [7, 11) is 0. The Balaban J connectivity index is 1.67. The smallest absolute Gasteiger partial charge is 0.433 e. The van der Waals surface area contributed by atoms with Crippen LogP contribution in [0.5, 0.6) is 11.5 Å². The number of hydrogen-bond donors (Lipinski definition) is 2. The van der Waals surface area contributed by atoms with Gasteiger partial charge in [0.2, 0.25) is 5.91 Å². The molecule has 0 aliphatic carbocycles. The molecule has 0 unspecified atom stereocenters. The van der Waals surface area contributed by atoms with E-state index < -0.39 is 23.4 Å². The molecule has 0 radical (unpaired) electrons. The Morgan fingerprint density at radius 2 is 1.82 bits per heavy atom. The number of carbonyl (C=O) groups is 1. The molecule has 2 heterocycles. The minimum Gasteiger partial charge on any atom is -0.503 e. The number of pyridine rings is 1. The lowest BCUT2D eigenvalue weighted by molar-refractivity contribution is -0.141. The van der Waals surface area contributed by atoms with E-state index in [9.17, 15) is 28.2 Å². The van der Waals surface area contributed by atoms with Crippen LogP contribution in [0.25, 0.3) is 0 Å². The van der Waals surface area contributed by atoms with Crippen molar-refractivity contribution < 1.29 is 28.2 Å². The molecule has 1 aliphatic rings. The highest BCUT2D eigenvalue weighted by molar-refractivity contribution is 8.00. The summed E-state index contributed by atoms with van der Waals surface area (Å²) in [5, 5.41) is 19.6. The van der Waals surface area contributed by atoms with Gasteiger partial charge in [-0.05, 0) is 29.7 Å². The van der Waals surface area contributed by atoms with Crippen LogP contribution >= 0.6 is 35.0 Å². The van der Waals surface area contributed by atoms with Crippen molar-refractivity contribution in [1.82, 2.24) is 9.88 Å². The lowest BCUT2D eigenvalue weighted by atomic mass is 9.98. The van der Waals surface area contributed by atoms with Crippen molar-refractivity contribution in [3.63, 3.8) is 0 Å². The van der Waals surface area contributed by atoms with Crippen LogP contribution in [-0.4, -0.2) is 38.3 Å². The number of nitrogens with zero attached hydrogens (tertiary/aromatic N) is 2. The predicted octanol–water partition coefficient (Wildman–Crippen LogP) is 4.50. The van der Waals surface area contributed by atoms with Crippen molar-refractivity contribution >= 4 is 40.9 Å². The molecule has 5 nitrogen and oxygen atoms in total. The van der Waals surface area contributed by atoms with Gasteiger partial charge in [0, 0.05) is 24.2 Å². The van der Waals surface area contributed by atoms with Crippen molar-refractivity contribution in [1.29, 1.82) is 0 Å². The predicted molar refractivity (Wildman–Crippen MR) is 98.9 cm³/mol. The van der Waals surface area contributed by atoms with Crippen LogP contribution in [0.3, 0.4) is 0 Å². The third-order valence-electron chi connectivity index (χ3n) is 4.26. The summed E-state index contributed by atoms with van der Waals surface area (Å²) in [5.41, 5.74) is 0.0405. The average Bonchev–Trinajstić information content (AvgIpc) is 2.68. The van der Waals surface area contributed by atoms with E-state index in [2.05, 4.69) is 4.98 Å². The van der Waals surface area contributed by atoms with E-state index in [0.29, 0.717) is 29.0 Å². The Hall–Kier alpha value is -1.84. The molecule has 0 saturated carbocycles. The molecule has 11 heteroatoms. The average molecular weight is 453 g/mol. The van der Waals surface area contributed by atoms with Crippen LogP contribution in [0.1, 0.15) is 16.8 Å². The summed E-state index contributed by atoms with van der Waals surface area (Å²) < 4.78 is 37.6. The van der Waals surface area contributed by atoms with Crippen molar-refractivity contribution in [3.8, 4) is 11.5 Å². The van der Waals surface area contributed by atoms with Gasteiger partial charge in [-0.25, -0.2) is 0 Å². The first kappa shape index (κ1) is 20.9. The van der Waals surface area contributed by atoms with Crippen LogP contribution < -0.4 is 0 Å². The molecule has 2 aromatic rings. The largest absolute Gasteiger partial charge is 0.503 e. The number of amides is 1. The van der Waals surface area contributed by atoms with E-state index in [1.54, 1.807) is 0 Å². The number of thioether (sulfide) groups is 1. The summed E-state index contributed by atoms with van der Waals surface area (Å²) in [5.74, 6) is -1.28. The molecule has 0 saturated heterocycles. The zero-order valence-corrected chi connectivity index (χ0v) is 16.4. The van der Waals surface area contributed by atoms with E-state index in [4.69, 9.17) is 23.2 Å². The fourth-order valence-corrected chi connectivity index (χ4v) is 4.11. The summed E-state index contributed by atoms with van der Waals surface area (Å²) in [6, 6.07) is 2.12. The Labute approximate surface area is 172 Å². The minimum atomic E-state index is -4.51. The maximum absolute atomic E-state index is 12.5. The standard InChI is InChI=1S/C17H13Cl2F3N2O3S/c18-13-9-3-4-24(6-10(9)14(19)16(27)15(13)26)12(25)7-28-8-1-2-11(23-5-8)17(20,21)22/h1-2,5,26-27H,3-4,6-7H2. The lowest BCUT2D eigenvalue weighted by Crippen LogP contribution is -2.37. The van der Waals surface area contributed by atoms with Gasteiger partial charge in [0.05, 0.1) is 15.8 Å². The second kappa shape index (κ2) is 7.88. The van der Waals surface area contributed by atoms with Crippen LogP contribution in [0.15, 0.2) is 23.2 Å². The maximum atomic E-state index is 12.5. The van der Waals surface area contributed by atoms with Crippen molar-refractivity contribution in [3.05, 3.63) is 45.2 Å². The van der Waals surface area contributed by atoms with Gasteiger partial charge in [0.15, 0.2) is 11.5 Å². The highest BCUT2D eigenvalue weighted by Crippen LogP contribution is 2.46. The number of hydrogen-bond acceptors (Lipinski definition) is 5. The number of aromatic nitrogens is 1. The number of carbonyl (C=O) groups excluding carboxylic acids is 1. The number of benzene rings is 1. The Bertz CT molecular complexity index is 924. The normalized spacial score (nSPS) is 14.1. The molecule has 0 fully saturated rings. The van der Waals surface area contributed by atoms with Crippen molar-refractivity contribution in [2.24, 2.45) is 0 Å². The van der Waals surface area contributed by atoms with Crippen LogP contribution in [0, 0.1) is 0 Å². The number of rotatable bonds is 3. The highest BCUT2D eigenvalue weighted by atomic mass is 35.5. The summed E-state index contributed by atoms with van der Waals surface area (Å²) in [4.78, 5) is 17.8. The van der Waals surface area contributed by atoms with Gasteiger partial charge >= 0.3 is 6.18 Å². The fraction of sp³-hybridized carbons (Fsp3) is 0.294. The number of alkyl halides is 3. The topological polar surface area (TPSA) is 73.7 Å². The zero-order valence-electron chi connectivity index (χ0n) is 14.1. The number of phenols is 2. The van der Waals surface area contributed by atoms with Crippen LogP contribution in [0.2, 0.25) is 10.0 Å². The van der Waals surface area contributed by atoms with E-state index in [1.165, 1.54) is 11.0 Å². The molecular formula is C17H13Cl2F3N2O3S. The molecule has 2 N–H and O–H groups in total. The summed E-state index contributed by atoms with van der Waals surface area (Å²) in [6.45, 7) is 0.435. The Morgan fingerprint density at radius 3 is 2.39 bits per heavy atom. The summed E-state index contributed by atoms with van der Waals surface area (Å²) in [6.07, 6.45) is -3.09. The fourth-order valence-electron chi connectivity index (χ4n) is 2.78.